The first-order valence-electron chi connectivity index (χ1n) is 5.11. The Balaban J connectivity index is 2.89. The van der Waals surface area contributed by atoms with Crippen molar-refractivity contribution in [3.63, 3.8) is 0 Å². The van der Waals surface area contributed by atoms with E-state index in [0.29, 0.717) is 5.69 Å². The van der Waals surface area contributed by atoms with Crippen molar-refractivity contribution < 1.29 is 23.9 Å². The van der Waals surface area contributed by atoms with E-state index in [2.05, 4.69) is 14.8 Å². The van der Waals surface area contributed by atoms with Crippen molar-refractivity contribution in [1.82, 2.24) is 0 Å². The third-order valence-corrected chi connectivity index (χ3v) is 2.17. The minimum absolute atomic E-state index is 0.519. The Morgan fingerprint density at radius 2 is 1.67 bits per heavy atom. The molecule has 0 bridgehead atoms. The number of para-hydroxylation sites is 1. The van der Waals surface area contributed by atoms with Crippen LogP contribution in [0.4, 0.5) is 5.69 Å². The lowest BCUT2D eigenvalue weighted by Gasteiger charge is -2.15. The van der Waals surface area contributed by atoms with Gasteiger partial charge in [0.1, 0.15) is 0 Å². The third-order valence-electron chi connectivity index (χ3n) is 2.17. The maximum Gasteiger partial charge on any atom is 0.377 e. The zero-order valence-corrected chi connectivity index (χ0v) is 10.0. The number of hydrogen-bond donors (Lipinski definition) is 1. The first-order valence-corrected chi connectivity index (χ1v) is 5.11. The number of anilines is 1. The molecule has 0 spiro atoms. The Labute approximate surface area is 104 Å². The van der Waals surface area contributed by atoms with Crippen LogP contribution in [0.2, 0.25) is 0 Å². The van der Waals surface area contributed by atoms with Crippen LogP contribution >= 0.6 is 0 Å². The number of methoxy groups -OCH3 is 2. The van der Waals surface area contributed by atoms with Crippen molar-refractivity contribution in [2.75, 3.05) is 19.5 Å². The molecule has 0 amide bonds. The van der Waals surface area contributed by atoms with Crippen molar-refractivity contribution in [3.8, 4) is 0 Å². The predicted molar refractivity (Wildman–Crippen MR) is 62.9 cm³/mol. The molecule has 0 saturated heterocycles. The molecule has 0 aromatic heterocycles. The highest BCUT2D eigenvalue weighted by atomic mass is 16.5. The molecular formula is C12H13NO5. The van der Waals surface area contributed by atoms with Gasteiger partial charge in [0.25, 0.3) is 5.78 Å². The molecule has 0 aliphatic heterocycles. The van der Waals surface area contributed by atoms with Gasteiger partial charge < -0.3 is 14.8 Å². The van der Waals surface area contributed by atoms with Gasteiger partial charge in [0.05, 0.1) is 14.2 Å². The molecule has 96 valence electrons. The van der Waals surface area contributed by atoms with Gasteiger partial charge >= 0.3 is 11.9 Å². The Morgan fingerprint density at radius 1 is 1.06 bits per heavy atom. The first kappa shape index (κ1) is 13.7. The summed E-state index contributed by atoms with van der Waals surface area (Å²) in [5, 5.41) is 2.62. The topological polar surface area (TPSA) is 81.7 Å². The fraction of sp³-hybridized carbons (Fsp3) is 0.250. The van der Waals surface area contributed by atoms with Crippen LogP contribution in [0.5, 0.6) is 0 Å². The number of carbonyl (C=O) groups excluding carboxylic acids is 3. The van der Waals surface area contributed by atoms with Gasteiger partial charge in [0, 0.05) is 5.69 Å². The molecule has 0 heterocycles. The number of carbonyl (C=O) groups is 3. The van der Waals surface area contributed by atoms with Crippen LogP contribution < -0.4 is 5.32 Å². The standard InChI is InChI=1S/C12H13NO5/c1-17-11(15)9(10(14)12(16)18-2)13-8-6-4-3-5-7-8/h3-7,9,13H,1-2H3. The number of ether oxygens (including phenoxy) is 2. The number of ketones is 1. The number of nitrogens with one attached hydrogen (secondary N) is 1. The second kappa shape index (κ2) is 6.39. The molecule has 6 nitrogen and oxygen atoms in total. The van der Waals surface area contributed by atoms with Crippen molar-refractivity contribution in [3.05, 3.63) is 30.3 Å². The maximum absolute atomic E-state index is 11.6. The van der Waals surface area contributed by atoms with Crippen molar-refractivity contribution in [2.45, 2.75) is 6.04 Å². The smallest absolute Gasteiger partial charge is 0.377 e. The third kappa shape index (κ3) is 3.31. The van der Waals surface area contributed by atoms with Crippen molar-refractivity contribution in [1.29, 1.82) is 0 Å². The van der Waals surface area contributed by atoms with Crippen LogP contribution in [-0.4, -0.2) is 38.0 Å². The quantitative estimate of drug-likeness (QED) is 0.463. The molecule has 1 unspecified atom stereocenters. The normalized spacial score (nSPS) is 11.2. The predicted octanol–water partition coefficient (Wildman–Crippen LogP) is 0.382. The molecular weight excluding hydrogens is 238 g/mol. The Kier molecular flexibility index (Phi) is 4.86. The molecule has 0 aliphatic rings. The van der Waals surface area contributed by atoms with Crippen LogP contribution in [0, 0.1) is 0 Å². The molecule has 6 heteroatoms. The molecule has 0 radical (unpaired) electrons. The number of esters is 2. The Hall–Kier alpha value is -2.37. The summed E-state index contributed by atoms with van der Waals surface area (Å²) >= 11 is 0. The highest BCUT2D eigenvalue weighted by Gasteiger charge is 2.33. The van der Waals surface area contributed by atoms with E-state index in [9.17, 15) is 14.4 Å². The van der Waals surface area contributed by atoms with Gasteiger partial charge in [0.15, 0.2) is 6.04 Å². The van der Waals surface area contributed by atoms with Crippen LogP contribution in [0.25, 0.3) is 0 Å². The van der Waals surface area contributed by atoms with E-state index in [0.717, 1.165) is 14.2 Å². The minimum atomic E-state index is -1.41. The van der Waals surface area contributed by atoms with Gasteiger partial charge in [-0.1, -0.05) is 18.2 Å². The zero-order valence-electron chi connectivity index (χ0n) is 10.0. The molecule has 0 aliphatic carbocycles. The van der Waals surface area contributed by atoms with Crippen molar-refractivity contribution in [2.24, 2.45) is 0 Å². The van der Waals surface area contributed by atoms with Gasteiger partial charge in [-0.2, -0.15) is 0 Å². The SMILES string of the molecule is COC(=O)C(=O)C(Nc1ccccc1)C(=O)OC. The Morgan fingerprint density at radius 3 is 2.17 bits per heavy atom. The van der Waals surface area contributed by atoms with Gasteiger partial charge in [0.2, 0.25) is 0 Å². The molecule has 1 atom stereocenters. The second-order valence-corrected chi connectivity index (χ2v) is 3.32. The first-order chi connectivity index (χ1) is 8.60. The lowest BCUT2D eigenvalue weighted by molar-refractivity contribution is -0.156. The monoisotopic (exact) mass is 251 g/mol. The summed E-state index contributed by atoms with van der Waals surface area (Å²) in [6.45, 7) is 0. The largest absolute Gasteiger partial charge is 0.467 e. The summed E-state index contributed by atoms with van der Waals surface area (Å²) in [7, 11) is 2.20. The maximum atomic E-state index is 11.6. The fourth-order valence-corrected chi connectivity index (χ4v) is 1.27. The van der Waals surface area contributed by atoms with E-state index in [-0.39, 0.29) is 0 Å². The molecule has 1 rings (SSSR count). The summed E-state index contributed by atoms with van der Waals surface area (Å²) in [4.78, 5) is 34.3. The molecule has 1 N–H and O–H groups in total. The summed E-state index contributed by atoms with van der Waals surface area (Å²) in [5.41, 5.74) is 0.519. The van der Waals surface area contributed by atoms with Crippen LogP contribution in [0.15, 0.2) is 30.3 Å². The summed E-state index contributed by atoms with van der Waals surface area (Å²) < 4.78 is 8.76. The molecule has 1 aromatic rings. The number of rotatable bonds is 5. The average molecular weight is 251 g/mol. The lowest BCUT2D eigenvalue weighted by atomic mass is 10.1. The Bertz CT molecular complexity index is 443. The van der Waals surface area contributed by atoms with Gasteiger partial charge in [-0.25, -0.2) is 9.59 Å². The highest BCUT2D eigenvalue weighted by molar-refractivity contribution is 6.40. The van der Waals surface area contributed by atoms with E-state index in [4.69, 9.17) is 0 Å². The molecule has 0 fully saturated rings. The summed E-state index contributed by atoms with van der Waals surface area (Å²) in [5.74, 6) is -2.96. The van der Waals surface area contributed by atoms with Crippen LogP contribution in [-0.2, 0) is 23.9 Å². The van der Waals surface area contributed by atoms with E-state index in [1.807, 2.05) is 0 Å². The van der Waals surface area contributed by atoms with E-state index in [1.165, 1.54) is 0 Å². The van der Waals surface area contributed by atoms with E-state index >= 15 is 0 Å². The van der Waals surface area contributed by atoms with E-state index < -0.39 is 23.8 Å². The molecule has 1 aromatic carbocycles. The van der Waals surface area contributed by atoms with Crippen LogP contribution in [0.1, 0.15) is 0 Å². The van der Waals surface area contributed by atoms with Gasteiger partial charge in [-0.05, 0) is 12.1 Å². The summed E-state index contributed by atoms with van der Waals surface area (Å²) in [6, 6.07) is 7.12. The number of hydrogen-bond acceptors (Lipinski definition) is 6. The van der Waals surface area contributed by atoms with E-state index in [1.54, 1.807) is 30.3 Å². The minimum Gasteiger partial charge on any atom is -0.467 e. The number of Topliss-reactive ketones (excluding diaryl/α,β-unsaturated/α-hetero) is 1. The molecule has 18 heavy (non-hydrogen) atoms. The summed E-state index contributed by atoms with van der Waals surface area (Å²) in [6.07, 6.45) is 0. The zero-order chi connectivity index (χ0) is 13.5. The molecule has 0 saturated carbocycles. The van der Waals surface area contributed by atoms with Gasteiger partial charge in [-0.15, -0.1) is 0 Å². The number of benzene rings is 1. The van der Waals surface area contributed by atoms with Crippen molar-refractivity contribution >= 4 is 23.4 Å². The highest BCUT2D eigenvalue weighted by Crippen LogP contribution is 2.09. The average Bonchev–Trinajstić information content (AvgIpc) is 2.43. The van der Waals surface area contributed by atoms with Gasteiger partial charge in [-0.3, -0.25) is 4.79 Å². The lowest BCUT2D eigenvalue weighted by Crippen LogP contribution is -2.42. The second-order valence-electron chi connectivity index (χ2n) is 3.32. The van der Waals surface area contributed by atoms with Crippen LogP contribution in [0.3, 0.4) is 0 Å². The fourth-order valence-electron chi connectivity index (χ4n) is 1.27.